The Balaban J connectivity index is 1.50. The number of non-ortho nitro benzene ring substituents is 1. The highest BCUT2D eigenvalue weighted by Crippen LogP contribution is 2.30. The average molecular weight is 432 g/mol. The van der Waals surface area contributed by atoms with Gasteiger partial charge in [-0.25, -0.2) is 0 Å². The maximum absolute atomic E-state index is 12.8. The molecule has 2 N–H and O–H groups in total. The second kappa shape index (κ2) is 9.05. The highest BCUT2D eigenvalue weighted by atomic mass is 16.6. The first-order chi connectivity index (χ1) is 15.4. The van der Waals surface area contributed by atoms with Crippen molar-refractivity contribution < 1.29 is 14.1 Å². The molecule has 8 heteroatoms. The molecule has 8 nitrogen and oxygen atoms in total. The highest BCUT2D eigenvalue weighted by molar-refractivity contribution is 6.06. The van der Waals surface area contributed by atoms with Gasteiger partial charge in [0, 0.05) is 36.2 Å². The van der Waals surface area contributed by atoms with Gasteiger partial charge in [0.2, 0.25) is 0 Å². The predicted molar refractivity (Wildman–Crippen MR) is 122 cm³/mol. The number of nitro groups is 1. The summed E-state index contributed by atoms with van der Waals surface area (Å²) in [6.45, 7) is 4.32. The molecule has 0 aliphatic heterocycles. The number of hydrogen-bond acceptors (Lipinski definition) is 6. The number of benzene rings is 2. The van der Waals surface area contributed by atoms with Crippen LogP contribution in [-0.4, -0.2) is 16.5 Å². The predicted octanol–water partition coefficient (Wildman–Crippen LogP) is 4.89. The van der Waals surface area contributed by atoms with Crippen LogP contribution in [0, 0.1) is 24.0 Å². The van der Waals surface area contributed by atoms with Crippen LogP contribution in [0.2, 0.25) is 0 Å². The van der Waals surface area contributed by atoms with Gasteiger partial charge >= 0.3 is 0 Å². The monoisotopic (exact) mass is 432 g/mol. The van der Waals surface area contributed by atoms with Crippen LogP contribution in [0.15, 0.2) is 58.0 Å². The van der Waals surface area contributed by atoms with Crippen LogP contribution in [0.5, 0.6) is 0 Å². The quantitative estimate of drug-likeness (QED) is 0.426. The Morgan fingerprint density at radius 3 is 2.50 bits per heavy atom. The van der Waals surface area contributed by atoms with Gasteiger partial charge in [-0.2, -0.15) is 5.10 Å². The van der Waals surface area contributed by atoms with E-state index in [1.54, 1.807) is 12.1 Å². The SMILES string of the molecule is Cc1ccc(CNC(=O)c2oc3c(c2C)/C(=N/Nc2ccc([N+](=O)[O-])cc2)CCC3)cc1. The van der Waals surface area contributed by atoms with Crippen LogP contribution in [-0.2, 0) is 13.0 Å². The first-order valence-corrected chi connectivity index (χ1v) is 10.5. The van der Waals surface area contributed by atoms with Gasteiger partial charge in [0.15, 0.2) is 5.76 Å². The number of hydrogen-bond donors (Lipinski definition) is 2. The third kappa shape index (κ3) is 4.54. The van der Waals surface area contributed by atoms with Crippen molar-refractivity contribution in [3.63, 3.8) is 0 Å². The molecule has 4 rings (SSSR count). The van der Waals surface area contributed by atoms with Crippen LogP contribution in [0.1, 0.15) is 51.4 Å². The maximum atomic E-state index is 12.8. The summed E-state index contributed by atoms with van der Waals surface area (Å²) < 4.78 is 5.93. The Morgan fingerprint density at radius 2 is 1.81 bits per heavy atom. The third-order valence-electron chi connectivity index (χ3n) is 5.50. The Labute approximate surface area is 185 Å². The Bertz CT molecular complexity index is 1180. The van der Waals surface area contributed by atoms with Crippen LogP contribution in [0.4, 0.5) is 11.4 Å². The molecule has 1 aromatic heterocycles. The van der Waals surface area contributed by atoms with E-state index in [1.165, 1.54) is 17.7 Å². The fraction of sp³-hybridized carbons (Fsp3) is 0.250. The minimum Gasteiger partial charge on any atom is -0.455 e. The van der Waals surface area contributed by atoms with Gasteiger partial charge in [-0.3, -0.25) is 20.3 Å². The lowest BCUT2D eigenvalue weighted by Crippen LogP contribution is -2.23. The van der Waals surface area contributed by atoms with Crippen molar-refractivity contribution in [1.29, 1.82) is 0 Å². The minimum atomic E-state index is -0.441. The molecule has 1 aliphatic rings. The largest absolute Gasteiger partial charge is 0.455 e. The first kappa shape index (κ1) is 21.3. The van der Waals surface area contributed by atoms with Crippen LogP contribution in [0.3, 0.4) is 0 Å². The maximum Gasteiger partial charge on any atom is 0.287 e. The van der Waals surface area contributed by atoms with Crippen molar-refractivity contribution in [1.82, 2.24) is 5.32 Å². The summed E-state index contributed by atoms with van der Waals surface area (Å²) in [4.78, 5) is 23.1. The van der Waals surface area contributed by atoms with Crippen molar-refractivity contribution in [3.05, 3.63) is 92.4 Å². The zero-order valence-corrected chi connectivity index (χ0v) is 18.0. The third-order valence-corrected chi connectivity index (χ3v) is 5.50. The number of nitro benzene ring substituents is 1. The molecular formula is C24H24N4O4. The molecule has 1 aliphatic carbocycles. The number of nitrogens with one attached hydrogen (secondary N) is 2. The lowest BCUT2D eigenvalue weighted by Gasteiger charge is -2.13. The standard InChI is InChI=1S/C24H24N4O4/c1-15-6-8-17(9-7-15)14-25-24(29)23-16(2)22-20(4-3-5-21(22)32-23)27-26-18-10-12-19(13-11-18)28(30)31/h6-13,26H,3-5,14H2,1-2H3,(H,25,29)/b27-20+. The minimum absolute atomic E-state index is 0.0233. The number of hydrazone groups is 1. The lowest BCUT2D eigenvalue weighted by molar-refractivity contribution is -0.384. The van der Waals surface area contributed by atoms with Crippen LogP contribution < -0.4 is 10.7 Å². The van der Waals surface area contributed by atoms with E-state index in [0.29, 0.717) is 18.0 Å². The summed E-state index contributed by atoms with van der Waals surface area (Å²) in [6.07, 6.45) is 2.36. The molecule has 0 atom stereocenters. The normalized spacial score (nSPS) is 14.1. The summed E-state index contributed by atoms with van der Waals surface area (Å²) in [5.41, 5.74) is 8.27. The molecule has 2 aromatic carbocycles. The molecule has 1 heterocycles. The molecule has 0 spiro atoms. The second-order valence-corrected chi connectivity index (χ2v) is 7.85. The van der Waals surface area contributed by atoms with Gasteiger partial charge in [-0.05, 0) is 44.4 Å². The number of nitrogens with zero attached hydrogens (tertiary/aromatic N) is 2. The molecule has 0 fully saturated rings. The van der Waals surface area contributed by atoms with Crippen molar-refractivity contribution in [3.8, 4) is 0 Å². The van der Waals surface area contributed by atoms with Gasteiger partial charge in [-0.15, -0.1) is 0 Å². The number of rotatable bonds is 6. The van der Waals surface area contributed by atoms with E-state index < -0.39 is 4.92 Å². The van der Waals surface area contributed by atoms with E-state index in [1.807, 2.05) is 38.1 Å². The summed E-state index contributed by atoms with van der Waals surface area (Å²) in [5, 5.41) is 18.2. The van der Waals surface area contributed by atoms with Gasteiger partial charge in [0.1, 0.15) is 5.76 Å². The van der Waals surface area contributed by atoms with E-state index in [0.717, 1.165) is 47.4 Å². The average Bonchev–Trinajstić information content (AvgIpc) is 3.14. The van der Waals surface area contributed by atoms with Crippen molar-refractivity contribution in [2.24, 2.45) is 5.10 Å². The number of fused-ring (bicyclic) bond motifs is 1. The molecule has 0 radical (unpaired) electrons. The van der Waals surface area contributed by atoms with E-state index in [4.69, 9.17) is 4.42 Å². The highest BCUT2D eigenvalue weighted by Gasteiger charge is 2.27. The summed E-state index contributed by atoms with van der Waals surface area (Å²) in [7, 11) is 0. The van der Waals surface area contributed by atoms with E-state index in [-0.39, 0.29) is 11.6 Å². The molecule has 0 saturated heterocycles. The van der Waals surface area contributed by atoms with Crippen molar-refractivity contribution >= 4 is 23.0 Å². The molecule has 1 amide bonds. The van der Waals surface area contributed by atoms with E-state index >= 15 is 0 Å². The molecule has 32 heavy (non-hydrogen) atoms. The van der Waals surface area contributed by atoms with E-state index in [9.17, 15) is 14.9 Å². The molecule has 0 saturated carbocycles. The second-order valence-electron chi connectivity index (χ2n) is 7.85. The smallest absolute Gasteiger partial charge is 0.287 e. The van der Waals surface area contributed by atoms with Crippen LogP contribution in [0.25, 0.3) is 0 Å². The fourth-order valence-electron chi connectivity index (χ4n) is 3.75. The summed E-state index contributed by atoms with van der Waals surface area (Å²) >= 11 is 0. The zero-order valence-electron chi connectivity index (χ0n) is 18.0. The van der Waals surface area contributed by atoms with E-state index in [2.05, 4.69) is 15.8 Å². The van der Waals surface area contributed by atoms with Gasteiger partial charge in [0.25, 0.3) is 11.6 Å². The summed E-state index contributed by atoms with van der Waals surface area (Å²) in [6, 6.07) is 14.1. The van der Waals surface area contributed by atoms with Gasteiger partial charge < -0.3 is 9.73 Å². The molecular weight excluding hydrogens is 408 g/mol. The Kier molecular flexibility index (Phi) is 6.02. The van der Waals surface area contributed by atoms with Crippen molar-refractivity contribution in [2.75, 3.05) is 5.43 Å². The number of carbonyl (C=O) groups excluding carboxylic acids is 1. The van der Waals surface area contributed by atoms with Gasteiger partial charge in [-0.1, -0.05) is 29.8 Å². The molecule has 164 valence electrons. The number of anilines is 1. The lowest BCUT2D eigenvalue weighted by atomic mass is 9.93. The van der Waals surface area contributed by atoms with Crippen LogP contribution >= 0.6 is 0 Å². The Hall–Kier alpha value is -3.94. The summed E-state index contributed by atoms with van der Waals surface area (Å²) in [5.74, 6) is 0.825. The molecule has 3 aromatic rings. The molecule has 0 bridgehead atoms. The number of carbonyl (C=O) groups is 1. The first-order valence-electron chi connectivity index (χ1n) is 10.5. The number of aryl methyl sites for hydroxylation is 2. The Morgan fingerprint density at radius 1 is 1.09 bits per heavy atom. The topological polar surface area (TPSA) is 110 Å². The zero-order chi connectivity index (χ0) is 22.7. The molecule has 0 unspecified atom stereocenters. The van der Waals surface area contributed by atoms with Gasteiger partial charge in [0.05, 0.1) is 16.3 Å². The fourth-order valence-corrected chi connectivity index (χ4v) is 3.75. The number of amides is 1. The number of furan rings is 1. The van der Waals surface area contributed by atoms with Crippen molar-refractivity contribution in [2.45, 2.75) is 39.7 Å².